The van der Waals surface area contributed by atoms with Gasteiger partial charge < -0.3 is 9.72 Å². The highest BCUT2D eigenvalue weighted by molar-refractivity contribution is 5.83. The lowest BCUT2D eigenvalue weighted by Gasteiger charge is -2.46. The van der Waals surface area contributed by atoms with Crippen LogP contribution in [-0.2, 0) is 16.7 Å². The molecule has 0 unspecified atom stereocenters. The molecule has 1 aliphatic rings. The fraction of sp³-hybridized carbons (Fsp3) is 0.536. The maximum absolute atomic E-state index is 6.41. The Morgan fingerprint density at radius 2 is 1.91 bits per heavy atom. The molecule has 4 heteroatoms. The summed E-state index contributed by atoms with van der Waals surface area (Å²) < 4.78 is 6.41. The second kappa shape index (κ2) is 8.64. The lowest BCUT2D eigenvalue weighted by Crippen LogP contribution is -2.50. The summed E-state index contributed by atoms with van der Waals surface area (Å²) in [5.41, 5.74) is 4.82. The fourth-order valence-corrected chi connectivity index (χ4v) is 5.58. The van der Waals surface area contributed by atoms with Gasteiger partial charge in [0.25, 0.3) is 0 Å². The van der Waals surface area contributed by atoms with Gasteiger partial charge in [-0.3, -0.25) is 9.88 Å². The van der Waals surface area contributed by atoms with Gasteiger partial charge >= 0.3 is 0 Å². The molecule has 0 spiro atoms. The van der Waals surface area contributed by atoms with E-state index in [-0.39, 0.29) is 16.6 Å². The molecule has 4 nitrogen and oxygen atoms in total. The zero-order valence-electron chi connectivity index (χ0n) is 20.7. The zero-order valence-corrected chi connectivity index (χ0v) is 20.7. The summed E-state index contributed by atoms with van der Waals surface area (Å²) in [7, 11) is 0. The highest BCUT2D eigenvalue weighted by Gasteiger charge is 2.52. The van der Waals surface area contributed by atoms with Crippen LogP contribution >= 0.6 is 0 Å². The molecule has 1 saturated heterocycles. The molecule has 1 fully saturated rings. The summed E-state index contributed by atoms with van der Waals surface area (Å²) in [4.78, 5) is 10.7. The van der Waals surface area contributed by atoms with Gasteiger partial charge in [0, 0.05) is 53.1 Å². The highest BCUT2D eigenvalue weighted by atomic mass is 16.5. The van der Waals surface area contributed by atoms with Gasteiger partial charge in [0.1, 0.15) is 0 Å². The summed E-state index contributed by atoms with van der Waals surface area (Å²) in [6, 6.07) is 13.0. The second-order valence-corrected chi connectivity index (χ2v) is 10.5. The molecular formula is C28H39N3O. The molecule has 0 aliphatic carbocycles. The van der Waals surface area contributed by atoms with Gasteiger partial charge in [-0.2, -0.15) is 0 Å². The number of para-hydroxylation sites is 1. The van der Waals surface area contributed by atoms with Crippen LogP contribution in [0.15, 0.2) is 48.8 Å². The predicted molar refractivity (Wildman–Crippen MR) is 133 cm³/mol. The standard InChI is InChI=1S/C28H39N3O/c1-7-32-27(5,6)28(15-14-22-18-30-25-11-9-8-10-24(22)25)16-17-31(20-28)26(3,4)23-13-12-21(2)29-19-23/h8-13,18-19,30H,7,14-17,20H2,1-6H3/t28-/m1/s1. The Labute approximate surface area is 193 Å². The first-order valence-electron chi connectivity index (χ1n) is 12.1. The Morgan fingerprint density at radius 3 is 2.62 bits per heavy atom. The van der Waals surface area contributed by atoms with Crippen molar-refractivity contribution in [2.24, 2.45) is 5.41 Å². The molecule has 1 aliphatic heterocycles. The third kappa shape index (κ3) is 4.11. The predicted octanol–water partition coefficient (Wildman–Crippen LogP) is 6.25. The van der Waals surface area contributed by atoms with Crippen LogP contribution in [-0.4, -0.2) is 40.2 Å². The van der Waals surface area contributed by atoms with Crippen molar-refractivity contribution in [3.8, 4) is 0 Å². The summed E-state index contributed by atoms with van der Waals surface area (Å²) in [5, 5.41) is 1.35. The van der Waals surface area contributed by atoms with Crippen molar-refractivity contribution >= 4 is 10.9 Å². The number of fused-ring (bicyclic) bond motifs is 1. The van der Waals surface area contributed by atoms with Crippen LogP contribution in [0.2, 0.25) is 0 Å². The number of rotatable bonds is 8. The van der Waals surface area contributed by atoms with E-state index in [9.17, 15) is 0 Å². The van der Waals surface area contributed by atoms with Gasteiger partial charge in [-0.05, 0) is 90.6 Å². The van der Waals surface area contributed by atoms with Crippen molar-refractivity contribution in [2.45, 2.75) is 71.9 Å². The molecule has 1 N–H and O–H groups in total. The third-order valence-corrected chi connectivity index (χ3v) is 8.09. The van der Waals surface area contributed by atoms with Crippen molar-refractivity contribution < 1.29 is 4.74 Å². The molecule has 0 amide bonds. The van der Waals surface area contributed by atoms with E-state index in [1.165, 1.54) is 22.0 Å². The second-order valence-electron chi connectivity index (χ2n) is 10.5. The average molecular weight is 434 g/mol. The number of pyridine rings is 1. The van der Waals surface area contributed by atoms with Crippen LogP contribution in [0.1, 0.15) is 64.3 Å². The first-order chi connectivity index (χ1) is 15.2. The Hall–Kier alpha value is -2.17. The van der Waals surface area contributed by atoms with Crippen LogP contribution in [0.5, 0.6) is 0 Å². The average Bonchev–Trinajstić information content (AvgIpc) is 3.39. The Bertz CT molecular complexity index is 1050. The minimum absolute atomic E-state index is 0.0640. The minimum atomic E-state index is -0.190. The molecule has 1 atom stereocenters. The molecule has 0 bridgehead atoms. The summed E-state index contributed by atoms with van der Waals surface area (Å²) in [5.74, 6) is 0. The number of H-pyrrole nitrogens is 1. The number of likely N-dealkylation sites (tertiary alicyclic amines) is 1. The number of aryl methyl sites for hydroxylation is 2. The number of ether oxygens (including phenoxy) is 1. The largest absolute Gasteiger partial charge is 0.375 e. The molecule has 172 valence electrons. The van der Waals surface area contributed by atoms with Crippen molar-refractivity contribution in [2.75, 3.05) is 19.7 Å². The number of benzene rings is 1. The van der Waals surface area contributed by atoms with Crippen molar-refractivity contribution in [1.82, 2.24) is 14.9 Å². The maximum Gasteiger partial charge on any atom is 0.0695 e. The Balaban J connectivity index is 1.60. The van der Waals surface area contributed by atoms with Gasteiger partial charge in [-0.1, -0.05) is 24.3 Å². The van der Waals surface area contributed by atoms with Crippen LogP contribution in [0.25, 0.3) is 10.9 Å². The lowest BCUT2D eigenvalue weighted by molar-refractivity contribution is -0.109. The number of aromatic nitrogens is 2. The Morgan fingerprint density at radius 1 is 1.12 bits per heavy atom. The first kappa shape index (κ1) is 23.0. The van der Waals surface area contributed by atoms with Gasteiger partial charge in [-0.15, -0.1) is 0 Å². The van der Waals surface area contributed by atoms with E-state index in [1.807, 2.05) is 6.92 Å². The van der Waals surface area contributed by atoms with E-state index < -0.39 is 0 Å². The van der Waals surface area contributed by atoms with Crippen LogP contribution in [0.4, 0.5) is 0 Å². The number of nitrogens with one attached hydrogen (secondary N) is 1. The molecule has 3 aromatic rings. The molecular weight excluding hydrogens is 394 g/mol. The van der Waals surface area contributed by atoms with Gasteiger partial charge in [-0.25, -0.2) is 0 Å². The third-order valence-electron chi connectivity index (χ3n) is 8.09. The van der Waals surface area contributed by atoms with E-state index in [4.69, 9.17) is 4.74 Å². The van der Waals surface area contributed by atoms with Crippen LogP contribution < -0.4 is 0 Å². The summed E-state index contributed by atoms with van der Waals surface area (Å²) >= 11 is 0. The minimum Gasteiger partial charge on any atom is -0.375 e. The molecule has 3 heterocycles. The number of hydrogen-bond donors (Lipinski definition) is 1. The van der Waals surface area contributed by atoms with E-state index in [1.54, 1.807) is 0 Å². The molecule has 1 aromatic carbocycles. The molecule has 32 heavy (non-hydrogen) atoms. The summed E-state index contributed by atoms with van der Waals surface area (Å²) in [6.45, 7) is 16.3. The molecule has 4 rings (SSSR count). The normalized spacial score (nSPS) is 20.3. The monoisotopic (exact) mass is 433 g/mol. The topological polar surface area (TPSA) is 41.1 Å². The van der Waals surface area contributed by atoms with Gasteiger partial charge in [0.2, 0.25) is 0 Å². The van der Waals surface area contributed by atoms with Crippen LogP contribution in [0, 0.1) is 12.3 Å². The summed E-state index contributed by atoms with van der Waals surface area (Å²) in [6.07, 6.45) is 7.56. The highest BCUT2D eigenvalue weighted by Crippen LogP contribution is 2.49. The fourth-order valence-electron chi connectivity index (χ4n) is 5.58. The quantitative estimate of drug-likeness (QED) is 0.457. The Kier molecular flexibility index (Phi) is 6.21. The molecule has 0 radical (unpaired) electrons. The lowest BCUT2D eigenvalue weighted by atomic mass is 9.69. The number of aromatic amines is 1. The van der Waals surface area contributed by atoms with E-state index >= 15 is 0 Å². The van der Waals surface area contributed by atoms with E-state index in [0.29, 0.717) is 0 Å². The number of hydrogen-bond acceptors (Lipinski definition) is 3. The van der Waals surface area contributed by atoms with Crippen molar-refractivity contribution in [3.05, 3.63) is 65.6 Å². The van der Waals surface area contributed by atoms with Crippen molar-refractivity contribution in [3.63, 3.8) is 0 Å². The van der Waals surface area contributed by atoms with Crippen molar-refractivity contribution in [1.29, 1.82) is 0 Å². The zero-order chi connectivity index (χ0) is 23.0. The van der Waals surface area contributed by atoms with E-state index in [0.717, 1.165) is 44.7 Å². The maximum atomic E-state index is 6.41. The first-order valence-corrected chi connectivity index (χ1v) is 12.1. The number of nitrogens with zero attached hydrogens (tertiary/aromatic N) is 2. The van der Waals surface area contributed by atoms with Crippen LogP contribution in [0.3, 0.4) is 0 Å². The van der Waals surface area contributed by atoms with E-state index in [2.05, 4.69) is 98.3 Å². The SMILES string of the molecule is CCOC(C)(C)[C@]1(CCc2c[nH]c3ccccc23)CCN(C(C)(C)c2ccc(C)nc2)C1. The van der Waals surface area contributed by atoms with Gasteiger partial charge in [0.15, 0.2) is 0 Å². The molecule has 2 aromatic heterocycles. The van der Waals surface area contributed by atoms with Gasteiger partial charge in [0.05, 0.1) is 5.60 Å². The molecule has 0 saturated carbocycles. The smallest absolute Gasteiger partial charge is 0.0695 e.